The van der Waals surface area contributed by atoms with Crippen LogP contribution in [0.2, 0.25) is 5.02 Å². The second-order valence-corrected chi connectivity index (χ2v) is 5.58. The number of anilines is 1. The third-order valence-electron chi connectivity index (χ3n) is 3.66. The van der Waals surface area contributed by atoms with Gasteiger partial charge in [-0.1, -0.05) is 18.0 Å². The maximum Gasteiger partial charge on any atom is 0.337 e. The van der Waals surface area contributed by atoms with E-state index in [1.165, 1.54) is 12.5 Å². The molecule has 1 aliphatic heterocycles. The van der Waals surface area contributed by atoms with Crippen LogP contribution in [-0.2, 0) is 0 Å². The van der Waals surface area contributed by atoms with Gasteiger partial charge in [-0.2, -0.15) is 0 Å². The van der Waals surface area contributed by atoms with Crippen LogP contribution in [0.15, 0.2) is 18.2 Å². The van der Waals surface area contributed by atoms with E-state index >= 15 is 0 Å². The Morgan fingerprint density at radius 2 is 2.00 bits per heavy atom. The smallest absolute Gasteiger partial charge is 0.337 e. The number of piperidine rings is 1. The number of benzene rings is 1. The molecule has 19 heavy (non-hydrogen) atoms. The van der Waals surface area contributed by atoms with Crippen LogP contribution in [-0.4, -0.2) is 28.2 Å². The molecule has 2 unspecified atom stereocenters. The average Bonchev–Trinajstić information content (AvgIpc) is 2.33. The highest BCUT2D eigenvalue weighted by atomic mass is 35.5. The highest BCUT2D eigenvalue weighted by molar-refractivity contribution is 6.31. The first kappa shape index (κ1) is 14.2. The van der Waals surface area contributed by atoms with Crippen LogP contribution >= 0.6 is 11.6 Å². The summed E-state index contributed by atoms with van der Waals surface area (Å²) in [6, 6.07) is 5.55. The van der Waals surface area contributed by atoms with E-state index in [-0.39, 0.29) is 5.56 Å². The predicted octanol–water partition coefficient (Wildman–Crippen LogP) is 3.63. The van der Waals surface area contributed by atoms with Crippen LogP contribution in [0.3, 0.4) is 0 Å². The molecule has 104 valence electrons. The van der Waals surface area contributed by atoms with E-state index in [1.807, 2.05) is 0 Å². The van der Waals surface area contributed by atoms with Crippen molar-refractivity contribution in [2.45, 2.75) is 45.2 Å². The molecule has 0 spiro atoms. The van der Waals surface area contributed by atoms with E-state index < -0.39 is 5.97 Å². The molecule has 1 aromatic carbocycles. The molecule has 0 saturated carbocycles. The fraction of sp³-hybridized carbons (Fsp3) is 0.500. The molecule has 0 aromatic heterocycles. The highest BCUT2D eigenvalue weighted by Gasteiger charge is 2.25. The lowest BCUT2D eigenvalue weighted by Gasteiger charge is -2.39. The number of rotatable bonds is 3. The van der Waals surface area contributed by atoms with Crippen molar-refractivity contribution in [1.29, 1.82) is 0 Å². The van der Waals surface area contributed by atoms with E-state index in [0.717, 1.165) is 12.8 Å². The van der Waals surface area contributed by atoms with E-state index in [1.54, 1.807) is 12.1 Å². The number of hydrazine groups is 1. The Morgan fingerprint density at radius 1 is 1.37 bits per heavy atom. The number of halogens is 1. The first-order valence-corrected chi connectivity index (χ1v) is 6.94. The second kappa shape index (κ2) is 5.80. The fourth-order valence-electron chi connectivity index (χ4n) is 2.58. The molecule has 0 amide bonds. The van der Waals surface area contributed by atoms with Gasteiger partial charge in [0, 0.05) is 17.1 Å². The van der Waals surface area contributed by atoms with Gasteiger partial charge in [-0.3, -0.25) is 0 Å². The number of hydrogen-bond donors (Lipinski definition) is 2. The summed E-state index contributed by atoms with van der Waals surface area (Å²) in [5.41, 5.74) is 4.04. The Balaban J connectivity index is 2.26. The van der Waals surface area contributed by atoms with E-state index in [4.69, 9.17) is 11.6 Å². The summed E-state index contributed by atoms with van der Waals surface area (Å²) in [6.07, 6.45) is 3.43. The maximum absolute atomic E-state index is 11.2. The largest absolute Gasteiger partial charge is 0.478 e. The zero-order valence-corrected chi connectivity index (χ0v) is 11.9. The molecule has 5 heteroatoms. The predicted molar refractivity (Wildman–Crippen MR) is 76.6 cm³/mol. The lowest BCUT2D eigenvalue weighted by atomic mass is 10.00. The van der Waals surface area contributed by atoms with E-state index in [9.17, 15) is 9.90 Å². The summed E-state index contributed by atoms with van der Waals surface area (Å²) in [5.74, 6) is -0.948. The molecule has 0 radical (unpaired) electrons. The number of hydrogen-bond acceptors (Lipinski definition) is 3. The van der Waals surface area contributed by atoms with Crippen molar-refractivity contribution in [3.8, 4) is 0 Å². The molecule has 2 N–H and O–H groups in total. The Kier molecular flexibility index (Phi) is 4.32. The summed E-state index contributed by atoms with van der Waals surface area (Å²) >= 11 is 5.96. The molecule has 1 aliphatic rings. The summed E-state index contributed by atoms with van der Waals surface area (Å²) in [5, 5.41) is 11.9. The number of nitrogens with one attached hydrogen (secondary N) is 1. The Bertz CT molecular complexity index is 469. The van der Waals surface area contributed by atoms with Gasteiger partial charge < -0.3 is 10.5 Å². The molecule has 1 aromatic rings. The lowest BCUT2D eigenvalue weighted by molar-refractivity contribution is 0.0696. The van der Waals surface area contributed by atoms with Crippen molar-refractivity contribution >= 4 is 23.3 Å². The Hall–Kier alpha value is -1.26. The van der Waals surface area contributed by atoms with Crippen molar-refractivity contribution in [2.24, 2.45) is 0 Å². The number of carboxylic acid groups (broad SMARTS) is 1. The van der Waals surface area contributed by atoms with Gasteiger partial charge in [0.15, 0.2) is 0 Å². The number of aromatic carboxylic acids is 1. The van der Waals surface area contributed by atoms with Crippen LogP contribution in [0.4, 0.5) is 5.69 Å². The molecule has 1 saturated heterocycles. The molecule has 4 nitrogen and oxygen atoms in total. The maximum atomic E-state index is 11.2. The SMILES string of the molecule is CC1CCCC(C)N1Nc1cc(Cl)ccc1C(=O)O. The van der Waals surface area contributed by atoms with Gasteiger partial charge in [-0.25, -0.2) is 9.80 Å². The minimum absolute atomic E-state index is 0.245. The standard InChI is InChI=1S/C14H19ClN2O2/c1-9-4-3-5-10(2)17(9)16-13-8-11(15)6-7-12(13)14(18)19/h6-10,16H,3-5H2,1-2H3,(H,18,19). The molecular weight excluding hydrogens is 264 g/mol. The van der Waals surface area contributed by atoms with Crippen LogP contribution in [0.25, 0.3) is 0 Å². The van der Waals surface area contributed by atoms with Crippen molar-refractivity contribution in [2.75, 3.05) is 5.43 Å². The molecule has 1 fully saturated rings. The van der Waals surface area contributed by atoms with Gasteiger partial charge in [0.2, 0.25) is 0 Å². The normalized spacial score (nSPS) is 24.2. The summed E-state index contributed by atoms with van der Waals surface area (Å²) < 4.78 is 0. The van der Waals surface area contributed by atoms with Gasteiger partial charge in [-0.15, -0.1) is 0 Å². The number of carbonyl (C=O) groups is 1. The Morgan fingerprint density at radius 3 is 2.58 bits per heavy atom. The molecule has 0 aliphatic carbocycles. The van der Waals surface area contributed by atoms with Crippen LogP contribution in [0.1, 0.15) is 43.5 Å². The third-order valence-corrected chi connectivity index (χ3v) is 3.89. The van der Waals surface area contributed by atoms with Crippen molar-refractivity contribution < 1.29 is 9.90 Å². The molecular formula is C14H19ClN2O2. The van der Waals surface area contributed by atoms with Crippen LogP contribution in [0, 0.1) is 0 Å². The van der Waals surface area contributed by atoms with E-state index in [0.29, 0.717) is 22.8 Å². The van der Waals surface area contributed by atoms with Crippen molar-refractivity contribution in [1.82, 2.24) is 5.01 Å². The highest BCUT2D eigenvalue weighted by Crippen LogP contribution is 2.27. The van der Waals surface area contributed by atoms with Gasteiger partial charge in [0.1, 0.15) is 0 Å². The topological polar surface area (TPSA) is 52.6 Å². The summed E-state index contributed by atoms with van der Waals surface area (Å²) in [7, 11) is 0. The fourth-order valence-corrected chi connectivity index (χ4v) is 2.75. The molecule has 1 heterocycles. The van der Waals surface area contributed by atoms with Crippen molar-refractivity contribution in [3.63, 3.8) is 0 Å². The van der Waals surface area contributed by atoms with Gasteiger partial charge in [0.25, 0.3) is 0 Å². The summed E-state index contributed by atoms with van der Waals surface area (Å²) in [6.45, 7) is 4.29. The van der Waals surface area contributed by atoms with Gasteiger partial charge in [-0.05, 0) is 44.9 Å². The quantitative estimate of drug-likeness (QED) is 0.889. The third kappa shape index (κ3) is 3.19. The van der Waals surface area contributed by atoms with Gasteiger partial charge in [0.05, 0.1) is 11.3 Å². The second-order valence-electron chi connectivity index (χ2n) is 5.14. The van der Waals surface area contributed by atoms with E-state index in [2.05, 4.69) is 24.3 Å². The minimum atomic E-state index is -0.948. The number of carboxylic acids is 1. The zero-order valence-electron chi connectivity index (χ0n) is 11.2. The first-order chi connectivity index (χ1) is 8.99. The van der Waals surface area contributed by atoms with Crippen LogP contribution < -0.4 is 5.43 Å². The molecule has 2 rings (SSSR count). The Labute approximate surface area is 118 Å². The number of nitrogens with zero attached hydrogens (tertiary/aromatic N) is 1. The minimum Gasteiger partial charge on any atom is -0.478 e. The molecule has 2 atom stereocenters. The lowest BCUT2D eigenvalue weighted by Crippen LogP contribution is -2.47. The first-order valence-electron chi connectivity index (χ1n) is 6.57. The monoisotopic (exact) mass is 282 g/mol. The van der Waals surface area contributed by atoms with Gasteiger partial charge >= 0.3 is 5.97 Å². The molecule has 0 bridgehead atoms. The average molecular weight is 283 g/mol. The summed E-state index contributed by atoms with van der Waals surface area (Å²) in [4.78, 5) is 11.2. The van der Waals surface area contributed by atoms with Crippen LogP contribution in [0.5, 0.6) is 0 Å². The zero-order chi connectivity index (χ0) is 14.0. The van der Waals surface area contributed by atoms with Crippen molar-refractivity contribution in [3.05, 3.63) is 28.8 Å².